The van der Waals surface area contributed by atoms with E-state index in [9.17, 15) is 4.79 Å². The first-order chi connectivity index (χ1) is 13.6. The molecule has 1 N–H and O–H groups in total. The predicted octanol–water partition coefficient (Wildman–Crippen LogP) is 4.59. The summed E-state index contributed by atoms with van der Waals surface area (Å²) in [5.74, 6) is 1.16. The number of benzene rings is 1. The number of halogens is 1. The molecule has 4 fully saturated rings. The SMILES string of the molecule is C[C@]12CCCC[C@@H]1C[C@H](N1CCC3(CC1)C(=O)NCN3c1ccccc1)CC2.Cl. The molecule has 1 aromatic carbocycles. The Morgan fingerprint density at radius 2 is 1.76 bits per heavy atom. The summed E-state index contributed by atoms with van der Waals surface area (Å²) >= 11 is 0. The number of hydrogen-bond acceptors (Lipinski definition) is 3. The number of anilines is 1. The predicted molar refractivity (Wildman–Crippen MR) is 120 cm³/mol. The highest BCUT2D eigenvalue weighted by atomic mass is 35.5. The number of hydrogen-bond donors (Lipinski definition) is 1. The smallest absolute Gasteiger partial charge is 0.247 e. The van der Waals surface area contributed by atoms with Gasteiger partial charge in [0.2, 0.25) is 5.91 Å². The average Bonchev–Trinajstić information content (AvgIpc) is 3.04. The van der Waals surface area contributed by atoms with Crippen LogP contribution in [0.15, 0.2) is 30.3 Å². The quantitative estimate of drug-likeness (QED) is 0.764. The number of rotatable bonds is 2. The number of carbonyl (C=O) groups excluding carboxylic acids is 1. The molecule has 1 aromatic rings. The van der Waals surface area contributed by atoms with Gasteiger partial charge in [0.25, 0.3) is 0 Å². The van der Waals surface area contributed by atoms with Crippen molar-refractivity contribution in [3.63, 3.8) is 0 Å². The van der Waals surface area contributed by atoms with Gasteiger partial charge in [-0.2, -0.15) is 0 Å². The number of nitrogens with zero attached hydrogens (tertiary/aromatic N) is 2. The van der Waals surface area contributed by atoms with Crippen LogP contribution in [0.25, 0.3) is 0 Å². The summed E-state index contributed by atoms with van der Waals surface area (Å²) in [6, 6.07) is 11.2. The number of carbonyl (C=O) groups is 1. The summed E-state index contributed by atoms with van der Waals surface area (Å²) in [4.78, 5) is 17.9. The molecular formula is C24H36ClN3O. The minimum absolute atomic E-state index is 0. The van der Waals surface area contributed by atoms with Crippen molar-refractivity contribution in [3.8, 4) is 0 Å². The molecule has 4 nitrogen and oxygen atoms in total. The van der Waals surface area contributed by atoms with Crippen LogP contribution in [0.2, 0.25) is 0 Å². The third kappa shape index (κ3) is 3.57. The molecular weight excluding hydrogens is 382 g/mol. The standard InChI is InChI=1S/C24H35N3O.ClH/c1-23-11-6-5-7-19(23)17-21(10-12-23)26-15-13-24(14-16-26)22(28)25-18-27(24)20-8-3-2-4-9-20;/h2-4,8-9,19,21H,5-7,10-18H2,1H3,(H,25,28);1H/t19-,21-,23-;/m1./s1. The van der Waals surface area contributed by atoms with Crippen molar-refractivity contribution in [1.82, 2.24) is 10.2 Å². The van der Waals surface area contributed by atoms with Gasteiger partial charge in [0, 0.05) is 24.8 Å². The van der Waals surface area contributed by atoms with Gasteiger partial charge in [0.15, 0.2) is 0 Å². The lowest BCUT2D eigenvalue weighted by molar-refractivity contribution is -0.125. The molecule has 2 saturated carbocycles. The summed E-state index contributed by atoms with van der Waals surface area (Å²) in [7, 11) is 0. The number of nitrogens with one attached hydrogen (secondary N) is 1. The Bertz CT molecular complexity index is 718. The Morgan fingerprint density at radius 3 is 2.52 bits per heavy atom. The minimum atomic E-state index is -0.341. The second-order valence-corrected chi connectivity index (χ2v) is 10.0. The molecule has 2 aliphatic carbocycles. The van der Waals surface area contributed by atoms with E-state index in [1.165, 1.54) is 50.6 Å². The lowest BCUT2D eigenvalue weighted by Crippen LogP contribution is -2.58. The van der Waals surface area contributed by atoms with E-state index >= 15 is 0 Å². The van der Waals surface area contributed by atoms with Crippen LogP contribution in [-0.4, -0.2) is 42.1 Å². The van der Waals surface area contributed by atoms with Gasteiger partial charge >= 0.3 is 0 Å². The fourth-order valence-corrected chi connectivity index (χ4v) is 6.77. The van der Waals surface area contributed by atoms with Crippen molar-refractivity contribution in [2.45, 2.75) is 76.3 Å². The van der Waals surface area contributed by atoms with Crippen molar-refractivity contribution in [2.24, 2.45) is 11.3 Å². The molecule has 1 spiro atoms. The number of amides is 1. The van der Waals surface area contributed by atoms with Gasteiger partial charge in [-0.1, -0.05) is 38.0 Å². The van der Waals surface area contributed by atoms with Gasteiger partial charge in [-0.15, -0.1) is 12.4 Å². The second-order valence-electron chi connectivity index (χ2n) is 10.0. The van der Waals surface area contributed by atoms with Crippen LogP contribution in [0.1, 0.15) is 64.7 Å². The number of piperidine rings is 1. The molecule has 0 radical (unpaired) electrons. The fraction of sp³-hybridized carbons (Fsp3) is 0.708. The lowest BCUT2D eigenvalue weighted by Gasteiger charge is -2.52. The number of likely N-dealkylation sites (tertiary alicyclic amines) is 1. The first kappa shape index (κ1) is 21.0. The molecule has 3 atom stereocenters. The van der Waals surface area contributed by atoms with Crippen LogP contribution in [0.3, 0.4) is 0 Å². The average molecular weight is 418 g/mol. The normalized spacial score (nSPS) is 34.4. The highest BCUT2D eigenvalue weighted by molar-refractivity contribution is 5.93. The molecule has 5 rings (SSSR count). The maximum Gasteiger partial charge on any atom is 0.247 e. The Hall–Kier alpha value is -1.26. The second kappa shape index (κ2) is 8.11. The summed E-state index contributed by atoms with van der Waals surface area (Å²) in [6.07, 6.45) is 11.8. The minimum Gasteiger partial charge on any atom is -0.339 e. The Balaban J connectivity index is 0.00000205. The molecule has 29 heavy (non-hydrogen) atoms. The zero-order valence-corrected chi connectivity index (χ0v) is 18.6. The van der Waals surface area contributed by atoms with Crippen LogP contribution < -0.4 is 10.2 Å². The third-order valence-electron chi connectivity index (χ3n) is 8.69. The Labute approximate surface area is 181 Å². The van der Waals surface area contributed by atoms with E-state index in [0.717, 1.165) is 37.9 Å². The van der Waals surface area contributed by atoms with Crippen LogP contribution in [0, 0.1) is 11.3 Å². The van der Waals surface area contributed by atoms with Crippen molar-refractivity contribution in [2.75, 3.05) is 24.7 Å². The van der Waals surface area contributed by atoms with Gasteiger partial charge in [-0.05, 0) is 68.4 Å². The molecule has 1 amide bonds. The van der Waals surface area contributed by atoms with Crippen LogP contribution in [0.5, 0.6) is 0 Å². The largest absolute Gasteiger partial charge is 0.339 e. The zero-order valence-electron chi connectivity index (χ0n) is 17.7. The Kier molecular flexibility index (Phi) is 5.87. The van der Waals surface area contributed by atoms with E-state index in [1.54, 1.807) is 0 Å². The van der Waals surface area contributed by atoms with Crippen molar-refractivity contribution in [1.29, 1.82) is 0 Å². The molecule has 2 heterocycles. The van der Waals surface area contributed by atoms with Gasteiger partial charge in [0.1, 0.15) is 5.54 Å². The molecule has 2 aliphatic heterocycles. The van der Waals surface area contributed by atoms with Gasteiger partial charge in [-0.25, -0.2) is 0 Å². The maximum atomic E-state index is 12.9. The first-order valence-corrected chi connectivity index (χ1v) is 11.5. The molecule has 0 bridgehead atoms. The van der Waals surface area contributed by atoms with E-state index in [0.29, 0.717) is 12.1 Å². The van der Waals surface area contributed by atoms with E-state index in [4.69, 9.17) is 0 Å². The summed E-state index contributed by atoms with van der Waals surface area (Å²) < 4.78 is 0. The fourth-order valence-electron chi connectivity index (χ4n) is 6.77. The monoisotopic (exact) mass is 417 g/mol. The first-order valence-electron chi connectivity index (χ1n) is 11.5. The van der Waals surface area contributed by atoms with Crippen LogP contribution >= 0.6 is 12.4 Å². The summed E-state index contributed by atoms with van der Waals surface area (Å²) in [5.41, 5.74) is 1.44. The van der Waals surface area contributed by atoms with Crippen molar-refractivity contribution < 1.29 is 4.79 Å². The molecule has 0 unspecified atom stereocenters. The van der Waals surface area contributed by atoms with E-state index in [1.807, 2.05) is 6.07 Å². The molecule has 2 saturated heterocycles. The van der Waals surface area contributed by atoms with Crippen molar-refractivity contribution >= 4 is 24.0 Å². The summed E-state index contributed by atoms with van der Waals surface area (Å²) in [6.45, 7) is 5.32. The van der Waals surface area contributed by atoms with E-state index in [2.05, 4.69) is 46.3 Å². The zero-order chi connectivity index (χ0) is 19.2. The molecule has 5 heteroatoms. The van der Waals surface area contributed by atoms with Crippen molar-refractivity contribution in [3.05, 3.63) is 30.3 Å². The van der Waals surface area contributed by atoms with Gasteiger partial charge in [-0.3, -0.25) is 4.79 Å². The molecule has 4 aliphatic rings. The van der Waals surface area contributed by atoms with E-state index < -0.39 is 0 Å². The molecule has 160 valence electrons. The highest BCUT2D eigenvalue weighted by Gasteiger charge is 2.51. The topological polar surface area (TPSA) is 35.6 Å². The number of para-hydroxylation sites is 1. The maximum absolute atomic E-state index is 12.9. The molecule has 0 aromatic heterocycles. The van der Waals surface area contributed by atoms with Gasteiger partial charge in [0.05, 0.1) is 6.67 Å². The third-order valence-corrected chi connectivity index (χ3v) is 8.69. The van der Waals surface area contributed by atoms with Crippen LogP contribution in [-0.2, 0) is 4.79 Å². The van der Waals surface area contributed by atoms with E-state index in [-0.39, 0.29) is 23.9 Å². The summed E-state index contributed by atoms with van der Waals surface area (Å²) in [5, 5.41) is 3.13. The highest BCUT2D eigenvalue weighted by Crippen LogP contribution is 2.51. The lowest BCUT2D eigenvalue weighted by atomic mass is 9.59. The van der Waals surface area contributed by atoms with Crippen LogP contribution in [0.4, 0.5) is 5.69 Å². The van der Waals surface area contributed by atoms with Gasteiger partial charge < -0.3 is 15.1 Å². The Morgan fingerprint density at radius 1 is 1.00 bits per heavy atom. The number of fused-ring (bicyclic) bond motifs is 1.